The van der Waals surface area contributed by atoms with Crippen LogP contribution in [0.15, 0.2) is 10.7 Å². The molecule has 0 radical (unpaired) electrons. The Bertz CT molecular complexity index is 267. The molecule has 0 unspecified atom stereocenters. The van der Waals surface area contributed by atoms with Crippen LogP contribution < -0.4 is 0 Å². The van der Waals surface area contributed by atoms with Crippen molar-refractivity contribution in [1.29, 1.82) is 0 Å². The molecule has 2 nitrogen and oxygen atoms in total. The van der Waals surface area contributed by atoms with Crippen LogP contribution in [0, 0.1) is 0 Å². The van der Waals surface area contributed by atoms with E-state index < -0.39 is 0 Å². The average molecular weight is 236 g/mol. The van der Waals surface area contributed by atoms with Crippen molar-refractivity contribution < 1.29 is 0 Å². The highest BCUT2D eigenvalue weighted by Gasteiger charge is 2.29. The number of rotatable bonds is 2. The van der Waals surface area contributed by atoms with E-state index in [9.17, 15) is 0 Å². The topological polar surface area (TPSA) is 17.8 Å². The highest BCUT2D eigenvalue weighted by molar-refractivity contribution is 9.10. The third kappa shape index (κ3) is 1.32. The predicted molar refractivity (Wildman–Crippen MR) is 47.8 cm³/mol. The number of hydrogen-bond acceptors (Lipinski definition) is 1. The summed E-state index contributed by atoms with van der Waals surface area (Å²) in [6, 6.07) is 0.456. The number of nitrogens with zero attached hydrogens (tertiary/aromatic N) is 2. The SMILES string of the molecule is ClCn1ncc(Br)c1C1CC1. The monoisotopic (exact) mass is 234 g/mol. The van der Waals surface area contributed by atoms with E-state index in [1.807, 2.05) is 10.9 Å². The fraction of sp³-hybridized carbons (Fsp3) is 0.571. The first-order chi connectivity index (χ1) is 5.33. The second-order valence-electron chi connectivity index (χ2n) is 2.77. The van der Waals surface area contributed by atoms with E-state index in [1.165, 1.54) is 18.5 Å². The summed E-state index contributed by atoms with van der Waals surface area (Å²) in [4.78, 5) is 0. The van der Waals surface area contributed by atoms with Gasteiger partial charge in [-0.3, -0.25) is 4.68 Å². The van der Waals surface area contributed by atoms with Gasteiger partial charge < -0.3 is 0 Å². The number of alkyl halides is 1. The molecule has 1 saturated carbocycles. The van der Waals surface area contributed by atoms with Crippen molar-refractivity contribution in [3.63, 3.8) is 0 Å². The van der Waals surface area contributed by atoms with E-state index in [1.54, 1.807) is 0 Å². The summed E-state index contributed by atoms with van der Waals surface area (Å²) in [7, 11) is 0. The molecule has 11 heavy (non-hydrogen) atoms. The Labute approximate surface area is 78.7 Å². The summed E-state index contributed by atoms with van der Waals surface area (Å²) in [6.45, 7) is 0. The van der Waals surface area contributed by atoms with Crippen LogP contribution >= 0.6 is 27.5 Å². The maximum absolute atomic E-state index is 5.70. The van der Waals surface area contributed by atoms with Gasteiger partial charge in [0.2, 0.25) is 0 Å². The first kappa shape index (κ1) is 7.62. The fourth-order valence-electron chi connectivity index (χ4n) is 1.23. The summed E-state index contributed by atoms with van der Waals surface area (Å²) < 4.78 is 2.95. The number of hydrogen-bond donors (Lipinski definition) is 0. The van der Waals surface area contributed by atoms with Gasteiger partial charge in [0.1, 0.15) is 6.00 Å². The zero-order chi connectivity index (χ0) is 7.84. The van der Waals surface area contributed by atoms with Gasteiger partial charge in [0.05, 0.1) is 16.4 Å². The van der Waals surface area contributed by atoms with Crippen molar-refractivity contribution in [2.75, 3.05) is 0 Å². The van der Waals surface area contributed by atoms with Crippen molar-refractivity contribution in [2.24, 2.45) is 0 Å². The molecule has 1 heterocycles. The van der Waals surface area contributed by atoms with Gasteiger partial charge >= 0.3 is 0 Å². The summed E-state index contributed by atoms with van der Waals surface area (Å²) >= 11 is 9.15. The van der Waals surface area contributed by atoms with Crippen LogP contribution in [0.1, 0.15) is 24.5 Å². The fourth-order valence-corrected chi connectivity index (χ4v) is 2.04. The van der Waals surface area contributed by atoms with E-state index in [0.717, 1.165) is 4.47 Å². The molecule has 2 rings (SSSR count). The van der Waals surface area contributed by atoms with Gasteiger partial charge in [-0.2, -0.15) is 5.10 Å². The van der Waals surface area contributed by atoms with E-state index in [0.29, 0.717) is 11.9 Å². The van der Waals surface area contributed by atoms with Crippen LogP contribution in [-0.2, 0) is 6.00 Å². The maximum Gasteiger partial charge on any atom is 0.115 e. The van der Waals surface area contributed by atoms with Crippen LogP contribution in [0.3, 0.4) is 0 Å². The van der Waals surface area contributed by atoms with Crippen molar-refractivity contribution in [2.45, 2.75) is 24.8 Å². The molecule has 0 bridgehead atoms. The van der Waals surface area contributed by atoms with E-state index in [4.69, 9.17) is 11.6 Å². The van der Waals surface area contributed by atoms with Crippen molar-refractivity contribution in [3.05, 3.63) is 16.4 Å². The molecular formula is C7H8BrClN2. The smallest absolute Gasteiger partial charge is 0.115 e. The zero-order valence-electron chi connectivity index (χ0n) is 5.93. The normalized spacial score (nSPS) is 17.3. The van der Waals surface area contributed by atoms with Crippen LogP contribution in [0.5, 0.6) is 0 Å². The maximum atomic E-state index is 5.70. The third-order valence-corrected chi connectivity index (χ3v) is 2.75. The van der Waals surface area contributed by atoms with Crippen LogP contribution in [0.2, 0.25) is 0 Å². The van der Waals surface area contributed by atoms with E-state index >= 15 is 0 Å². The highest BCUT2D eigenvalue weighted by Crippen LogP contribution is 2.43. The van der Waals surface area contributed by atoms with Crippen LogP contribution in [0.25, 0.3) is 0 Å². The molecule has 1 aromatic heterocycles. The lowest BCUT2D eigenvalue weighted by atomic mass is 10.3. The van der Waals surface area contributed by atoms with E-state index in [2.05, 4.69) is 21.0 Å². The zero-order valence-corrected chi connectivity index (χ0v) is 8.27. The number of halogens is 2. The van der Waals surface area contributed by atoms with E-state index in [-0.39, 0.29) is 0 Å². The Kier molecular flexibility index (Phi) is 1.93. The molecule has 4 heteroatoms. The molecule has 0 aliphatic heterocycles. The Morgan fingerprint density at radius 2 is 2.45 bits per heavy atom. The third-order valence-electron chi connectivity index (χ3n) is 1.91. The lowest BCUT2D eigenvalue weighted by Crippen LogP contribution is -1.99. The standard InChI is InChI=1S/C7H8BrClN2/c8-6-3-10-11(4-9)7(6)5-1-2-5/h3,5H,1-2,4H2. The molecule has 0 saturated heterocycles. The highest BCUT2D eigenvalue weighted by atomic mass is 79.9. The second-order valence-corrected chi connectivity index (χ2v) is 3.86. The first-order valence-electron chi connectivity index (χ1n) is 3.60. The lowest BCUT2D eigenvalue weighted by molar-refractivity contribution is 0.693. The Morgan fingerprint density at radius 1 is 1.73 bits per heavy atom. The van der Waals surface area contributed by atoms with Crippen LogP contribution in [0.4, 0.5) is 0 Å². The molecule has 1 aliphatic rings. The first-order valence-corrected chi connectivity index (χ1v) is 4.93. The average Bonchev–Trinajstić information content (AvgIpc) is 2.76. The summed E-state index contributed by atoms with van der Waals surface area (Å²) in [5, 5.41) is 4.13. The molecule has 0 aromatic carbocycles. The summed E-state index contributed by atoms with van der Waals surface area (Å²) in [6.07, 6.45) is 4.37. The van der Waals surface area contributed by atoms with Gasteiger partial charge in [0, 0.05) is 5.92 Å². The van der Waals surface area contributed by atoms with Gasteiger partial charge in [-0.15, -0.1) is 11.6 Å². The number of aromatic nitrogens is 2. The molecule has 1 fully saturated rings. The summed E-state index contributed by atoms with van der Waals surface area (Å²) in [5.74, 6) is 0.700. The minimum atomic E-state index is 0.456. The van der Waals surface area contributed by atoms with Crippen molar-refractivity contribution in [3.8, 4) is 0 Å². The van der Waals surface area contributed by atoms with Gasteiger partial charge in [0.25, 0.3) is 0 Å². The lowest BCUT2D eigenvalue weighted by Gasteiger charge is -2.00. The molecule has 0 atom stereocenters. The molecule has 0 amide bonds. The molecule has 60 valence electrons. The molecule has 0 N–H and O–H groups in total. The van der Waals surface area contributed by atoms with Gasteiger partial charge in [-0.25, -0.2) is 0 Å². The van der Waals surface area contributed by atoms with Crippen LogP contribution in [-0.4, -0.2) is 9.78 Å². The minimum absolute atomic E-state index is 0.456. The van der Waals surface area contributed by atoms with Crippen molar-refractivity contribution in [1.82, 2.24) is 9.78 Å². The Morgan fingerprint density at radius 3 is 3.00 bits per heavy atom. The quantitative estimate of drug-likeness (QED) is 0.721. The second kappa shape index (κ2) is 2.79. The predicted octanol–water partition coefficient (Wildman–Crippen LogP) is 2.72. The minimum Gasteiger partial charge on any atom is -0.253 e. The van der Waals surface area contributed by atoms with Gasteiger partial charge in [0.15, 0.2) is 0 Å². The molecular weight excluding hydrogens is 227 g/mol. The molecule has 1 aromatic rings. The Hall–Kier alpha value is -0.0200. The van der Waals surface area contributed by atoms with Gasteiger partial charge in [-0.05, 0) is 28.8 Å². The Balaban J connectivity index is 2.38. The summed E-state index contributed by atoms with van der Waals surface area (Å²) in [5.41, 5.74) is 1.26. The largest absolute Gasteiger partial charge is 0.253 e. The molecule has 1 aliphatic carbocycles. The van der Waals surface area contributed by atoms with Crippen molar-refractivity contribution >= 4 is 27.5 Å². The molecule has 0 spiro atoms. The van der Waals surface area contributed by atoms with Gasteiger partial charge in [-0.1, -0.05) is 0 Å².